The maximum atomic E-state index is 5.86. The van der Waals surface area contributed by atoms with Gasteiger partial charge in [-0.3, -0.25) is 4.98 Å². The van der Waals surface area contributed by atoms with Crippen LogP contribution in [0.2, 0.25) is 0 Å². The largest absolute Gasteiger partial charge is 0.370 e. The predicted molar refractivity (Wildman–Crippen MR) is 99.9 cm³/mol. The second-order valence-corrected chi connectivity index (χ2v) is 5.29. The molecule has 0 saturated carbocycles. The lowest BCUT2D eigenvalue weighted by Gasteiger charge is -2.08. The second kappa shape index (κ2) is 8.81. The number of nitrogens with two attached hydrogens (primary N) is 1. The van der Waals surface area contributed by atoms with E-state index in [0.717, 1.165) is 24.0 Å². The van der Waals surface area contributed by atoms with Gasteiger partial charge in [0, 0.05) is 18.1 Å². The lowest BCUT2D eigenvalue weighted by Crippen LogP contribution is -2.32. The summed E-state index contributed by atoms with van der Waals surface area (Å²) < 4.78 is 0. The number of halogens is 1. The summed E-state index contributed by atoms with van der Waals surface area (Å²) in [6.45, 7) is 5.74. The van der Waals surface area contributed by atoms with Gasteiger partial charge in [-0.2, -0.15) is 0 Å². The van der Waals surface area contributed by atoms with Gasteiger partial charge in [0.25, 0.3) is 0 Å². The molecule has 0 unspecified atom stereocenters. The Morgan fingerprint density at radius 2 is 2.05 bits per heavy atom. The molecule has 21 heavy (non-hydrogen) atoms. The summed E-state index contributed by atoms with van der Waals surface area (Å²) in [7, 11) is 0. The number of hydrogen-bond acceptors (Lipinski definition) is 2. The van der Waals surface area contributed by atoms with Gasteiger partial charge in [0.05, 0.1) is 12.2 Å². The molecule has 0 aliphatic heterocycles. The molecule has 0 saturated heterocycles. The monoisotopic (exact) mass is 398 g/mol. The first-order valence-corrected chi connectivity index (χ1v) is 7.03. The molecule has 5 heteroatoms. The zero-order valence-electron chi connectivity index (χ0n) is 12.5. The molecule has 0 bridgehead atoms. The number of aliphatic imine (C=N–C) groups is 1. The van der Waals surface area contributed by atoms with Crippen LogP contribution in [-0.2, 0) is 6.54 Å². The van der Waals surface area contributed by atoms with Crippen LogP contribution in [0.3, 0.4) is 0 Å². The molecule has 1 heterocycles. The average Bonchev–Trinajstić information content (AvgIpc) is 2.44. The summed E-state index contributed by atoms with van der Waals surface area (Å²) in [5, 5.41) is 5.45. The van der Waals surface area contributed by atoms with Gasteiger partial charge in [0.2, 0.25) is 0 Å². The third kappa shape index (κ3) is 5.49. The first-order valence-electron chi connectivity index (χ1n) is 7.03. The van der Waals surface area contributed by atoms with Crippen molar-refractivity contribution in [1.82, 2.24) is 10.3 Å². The van der Waals surface area contributed by atoms with Crippen molar-refractivity contribution in [2.24, 2.45) is 16.6 Å². The third-order valence-corrected chi connectivity index (χ3v) is 3.18. The highest BCUT2D eigenvalue weighted by molar-refractivity contribution is 14.0. The van der Waals surface area contributed by atoms with Crippen molar-refractivity contribution in [3.8, 4) is 0 Å². The smallest absolute Gasteiger partial charge is 0.188 e. The van der Waals surface area contributed by atoms with E-state index in [4.69, 9.17) is 5.73 Å². The average molecular weight is 398 g/mol. The minimum Gasteiger partial charge on any atom is -0.370 e. The van der Waals surface area contributed by atoms with Crippen LogP contribution in [0.1, 0.15) is 26.0 Å². The number of hydrogen-bond donors (Lipinski definition) is 2. The minimum atomic E-state index is 0. The number of nitrogens with one attached hydrogen (secondary N) is 1. The number of fused-ring (bicyclic) bond motifs is 1. The maximum Gasteiger partial charge on any atom is 0.188 e. The quantitative estimate of drug-likeness (QED) is 0.462. The van der Waals surface area contributed by atoms with Crippen LogP contribution in [0.4, 0.5) is 0 Å². The van der Waals surface area contributed by atoms with Gasteiger partial charge >= 0.3 is 0 Å². The fourth-order valence-electron chi connectivity index (χ4n) is 2.01. The van der Waals surface area contributed by atoms with Crippen LogP contribution >= 0.6 is 24.0 Å². The molecule has 0 aliphatic carbocycles. The molecule has 1 aromatic carbocycles. The Morgan fingerprint density at radius 3 is 2.81 bits per heavy atom. The van der Waals surface area contributed by atoms with E-state index in [-0.39, 0.29) is 24.0 Å². The topological polar surface area (TPSA) is 63.3 Å². The van der Waals surface area contributed by atoms with Crippen molar-refractivity contribution in [2.45, 2.75) is 26.8 Å². The molecule has 4 nitrogen and oxygen atoms in total. The van der Waals surface area contributed by atoms with E-state index in [1.165, 1.54) is 5.39 Å². The summed E-state index contributed by atoms with van der Waals surface area (Å²) >= 11 is 0. The third-order valence-electron chi connectivity index (χ3n) is 3.18. The Kier molecular flexibility index (Phi) is 7.42. The second-order valence-electron chi connectivity index (χ2n) is 5.29. The van der Waals surface area contributed by atoms with E-state index >= 15 is 0 Å². The van der Waals surface area contributed by atoms with E-state index in [2.05, 4.69) is 41.3 Å². The van der Waals surface area contributed by atoms with Crippen LogP contribution in [0.25, 0.3) is 10.8 Å². The molecular weight excluding hydrogens is 375 g/mol. The number of pyridine rings is 1. The zero-order chi connectivity index (χ0) is 14.4. The molecule has 1 aromatic heterocycles. The summed E-state index contributed by atoms with van der Waals surface area (Å²) in [5.41, 5.74) is 6.82. The SMILES string of the molecule is CC(C)CCNC(N)=NCc1nccc2ccccc12.I. The van der Waals surface area contributed by atoms with Crippen LogP contribution in [0.5, 0.6) is 0 Å². The Morgan fingerprint density at radius 1 is 1.29 bits per heavy atom. The first-order chi connectivity index (χ1) is 9.66. The highest BCUT2D eigenvalue weighted by Crippen LogP contribution is 2.16. The molecule has 0 spiro atoms. The molecule has 0 radical (unpaired) electrons. The van der Waals surface area contributed by atoms with E-state index in [1.54, 1.807) is 0 Å². The molecule has 114 valence electrons. The summed E-state index contributed by atoms with van der Waals surface area (Å²) in [4.78, 5) is 8.76. The molecule has 0 fully saturated rings. The van der Waals surface area contributed by atoms with Gasteiger partial charge in [-0.1, -0.05) is 38.1 Å². The highest BCUT2D eigenvalue weighted by Gasteiger charge is 2.01. The van der Waals surface area contributed by atoms with Gasteiger partial charge in [0.1, 0.15) is 0 Å². The fourth-order valence-corrected chi connectivity index (χ4v) is 2.01. The van der Waals surface area contributed by atoms with Crippen molar-refractivity contribution >= 4 is 40.7 Å². The molecule has 0 amide bonds. The van der Waals surface area contributed by atoms with Crippen LogP contribution in [-0.4, -0.2) is 17.5 Å². The lowest BCUT2D eigenvalue weighted by molar-refractivity contribution is 0.576. The Balaban J connectivity index is 0.00000220. The summed E-state index contributed by atoms with van der Waals surface area (Å²) in [5.74, 6) is 1.15. The van der Waals surface area contributed by atoms with Crippen LogP contribution < -0.4 is 11.1 Å². The summed E-state index contributed by atoms with van der Waals surface area (Å²) in [6, 6.07) is 10.2. The van der Waals surface area contributed by atoms with E-state index in [1.807, 2.05) is 24.4 Å². The molecule has 0 aliphatic rings. The number of nitrogens with zero attached hydrogens (tertiary/aromatic N) is 2. The zero-order valence-corrected chi connectivity index (χ0v) is 14.9. The van der Waals surface area contributed by atoms with Gasteiger partial charge in [-0.05, 0) is 23.8 Å². The Labute approximate surface area is 143 Å². The number of guanidine groups is 1. The van der Waals surface area contributed by atoms with E-state index < -0.39 is 0 Å². The van der Waals surface area contributed by atoms with Crippen LogP contribution in [0, 0.1) is 5.92 Å². The van der Waals surface area contributed by atoms with Gasteiger partial charge in [-0.15, -0.1) is 24.0 Å². The standard InChI is InChI=1S/C16H22N4.HI/c1-12(2)7-9-19-16(17)20-11-15-14-6-4-3-5-13(14)8-10-18-15;/h3-6,8,10,12H,7,9,11H2,1-2H3,(H3,17,19,20);1H. The lowest BCUT2D eigenvalue weighted by atomic mass is 10.1. The van der Waals surface area contributed by atoms with E-state index in [0.29, 0.717) is 18.4 Å². The summed E-state index contributed by atoms with van der Waals surface area (Å²) in [6.07, 6.45) is 2.90. The van der Waals surface area contributed by atoms with Crippen molar-refractivity contribution in [1.29, 1.82) is 0 Å². The highest BCUT2D eigenvalue weighted by atomic mass is 127. The first kappa shape index (κ1) is 17.7. The Hall–Kier alpha value is -1.37. The van der Waals surface area contributed by atoms with Crippen LogP contribution in [0.15, 0.2) is 41.5 Å². The van der Waals surface area contributed by atoms with Crippen molar-refractivity contribution in [3.05, 3.63) is 42.2 Å². The fraction of sp³-hybridized carbons (Fsp3) is 0.375. The van der Waals surface area contributed by atoms with E-state index in [9.17, 15) is 0 Å². The predicted octanol–water partition coefficient (Wildman–Crippen LogP) is 3.30. The number of rotatable bonds is 5. The molecule has 0 atom stereocenters. The van der Waals surface area contributed by atoms with Gasteiger partial charge in [0.15, 0.2) is 5.96 Å². The Bertz CT molecular complexity index is 590. The van der Waals surface area contributed by atoms with Gasteiger partial charge in [-0.25, -0.2) is 4.99 Å². The van der Waals surface area contributed by atoms with Crippen molar-refractivity contribution < 1.29 is 0 Å². The molecule has 2 rings (SSSR count). The normalized spacial score (nSPS) is 11.5. The van der Waals surface area contributed by atoms with Crippen molar-refractivity contribution in [3.63, 3.8) is 0 Å². The van der Waals surface area contributed by atoms with Crippen molar-refractivity contribution in [2.75, 3.05) is 6.54 Å². The molecule has 3 N–H and O–H groups in total. The minimum absolute atomic E-state index is 0. The number of benzene rings is 1. The molecule has 2 aromatic rings. The molecular formula is C16H23IN4. The number of aromatic nitrogens is 1. The maximum absolute atomic E-state index is 5.86. The van der Waals surface area contributed by atoms with Gasteiger partial charge < -0.3 is 11.1 Å².